The van der Waals surface area contributed by atoms with Crippen molar-refractivity contribution in [3.05, 3.63) is 12.7 Å². The minimum Gasteiger partial charge on any atom is -0.463 e. The molecule has 1 saturated heterocycles. The molecule has 2 N–H and O–H groups in total. The van der Waals surface area contributed by atoms with Crippen LogP contribution in [0.5, 0.6) is 0 Å². The monoisotopic (exact) mass is 687 g/mol. The second kappa shape index (κ2) is 23.4. The normalized spacial score (nSPS) is 20.1. The van der Waals surface area contributed by atoms with Gasteiger partial charge in [-0.25, -0.2) is 0 Å². The lowest BCUT2D eigenvalue weighted by Gasteiger charge is -2.45. The molecule has 0 aromatic heterocycles. The summed E-state index contributed by atoms with van der Waals surface area (Å²) < 4.78 is 38.3. The van der Waals surface area contributed by atoms with Crippen molar-refractivity contribution in [3.63, 3.8) is 0 Å². The van der Waals surface area contributed by atoms with Crippen LogP contribution in [0.4, 0.5) is 0 Å². The van der Waals surface area contributed by atoms with Crippen LogP contribution in [0, 0.1) is 0 Å². The Bertz CT molecular complexity index is 1100. The number of allylic oxidation sites excluding steroid dienone is 1. The van der Waals surface area contributed by atoms with E-state index in [0.717, 1.165) is 13.8 Å². The van der Waals surface area contributed by atoms with Crippen LogP contribution in [0.1, 0.15) is 47.5 Å². The third-order valence-electron chi connectivity index (χ3n) is 6.63. The van der Waals surface area contributed by atoms with Crippen LogP contribution in [0.3, 0.4) is 0 Å². The average Bonchev–Trinajstić information content (AvgIpc) is 2.98. The van der Waals surface area contributed by atoms with E-state index in [0.29, 0.717) is 0 Å². The van der Waals surface area contributed by atoms with E-state index in [1.165, 1.54) is 31.7 Å². The molecule has 0 aromatic rings. The number of hydrogen-bond acceptors (Lipinski definition) is 14. The van der Waals surface area contributed by atoms with Gasteiger partial charge in [0.15, 0.2) is 18.0 Å². The van der Waals surface area contributed by atoms with Gasteiger partial charge in [0.2, 0.25) is 17.7 Å². The Morgan fingerprint density at radius 1 is 0.792 bits per heavy atom. The van der Waals surface area contributed by atoms with Gasteiger partial charge >= 0.3 is 17.9 Å². The zero-order valence-electron chi connectivity index (χ0n) is 28.3. The Balaban J connectivity index is 2.65. The van der Waals surface area contributed by atoms with Gasteiger partial charge in [0.05, 0.1) is 45.1 Å². The number of hydrogen-bond donors (Lipinski definition) is 2. The lowest BCUT2D eigenvalue weighted by Crippen LogP contribution is -2.66. The van der Waals surface area contributed by atoms with E-state index in [-0.39, 0.29) is 90.4 Å². The molecular weight excluding hydrogens is 638 g/mol. The molecule has 0 bridgehead atoms. The first-order valence-electron chi connectivity index (χ1n) is 15.5. The number of ketones is 1. The number of Topliss-reactive ketones (excluding diaryl/α,β-unsaturated/α-hetero) is 1. The highest BCUT2D eigenvalue weighted by molar-refractivity contribution is 5.83. The molecule has 17 nitrogen and oxygen atoms in total. The van der Waals surface area contributed by atoms with Crippen LogP contribution in [0.15, 0.2) is 12.7 Å². The van der Waals surface area contributed by atoms with Crippen molar-refractivity contribution in [1.29, 1.82) is 0 Å². The quantitative estimate of drug-likeness (QED) is 0.0585. The Labute approximate surface area is 280 Å². The number of ether oxygens (including phenoxy) is 7. The lowest BCUT2D eigenvalue weighted by molar-refractivity contribution is -0.225. The molecule has 0 aliphatic carbocycles. The maximum Gasteiger partial charge on any atom is 0.303 e. The Morgan fingerprint density at radius 2 is 1.44 bits per heavy atom. The maximum absolute atomic E-state index is 12.4. The second-order valence-corrected chi connectivity index (χ2v) is 10.8. The molecule has 1 aliphatic rings. The molecule has 1 fully saturated rings. The predicted octanol–water partition coefficient (Wildman–Crippen LogP) is -0.765. The van der Waals surface area contributed by atoms with Crippen LogP contribution in [-0.2, 0) is 66.7 Å². The Morgan fingerprint density at radius 3 is 2.04 bits per heavy atom. The minimum atomic E-state index is -1.19. The summed E-state index contributed by atoms with van der Waals surface area (Å²) in [6.07, 6.45) is -2.31. The molecule has 1 heterocycles. The fourth-order valence-electron chi connectivity index (χ4n) is 4.61. The molecule has 1 rings (SSSR count). The first-order chi connectivity index (χ1) is 22.7. The van der Waals surface area contributed by atoms with Gasteiger partial charge < -0.3 is 48.7 Å². The molecule has 17 heteroatoms. The molecule has 0 radical (unpaired) electrons. The van der Waals surface area contributed by atoms with E-state index in [9.17, 15) is 33.6 Å². The molecule has 48 heavy (non-hydrogen) atoms. The summed E-state index contributed by atoms with van der Waals surface area (Å²) in [6, 6.07) is -0.951. The van der Waals surface area contributed by atoms with Crippen molar-refractivity contribution in [2.24, 2.45) is 0 Å². The molecule has 5 atom stereocenters. The van der Waals surface area contributed by atoms with Crippen LogP contribution < -0.4 is 10.6 Å². The number of nitrogens with one attached hydrogen (secondary N) is 2. The zero-order chi connectivity index (χ0) is 36.1. The molecule has 1 aliphatic heterocycles. The van der Waals surface area contributed by atoms with E-state index in [1.54, 1.807) is 0 Å². The Hall–Kier alpha value is -3.93. The highest BCUT2D eigenvalue weighted by Gasteiger charge is 2.50. The van der Waals surface area contributed by atoms with Gasteiger partial charge in [0.1, 0.15) is 19.3 Å². The summed E-state index contributed by atoms with van der Waals surface area (Å²) in [4.78, 5) is 84.6. The molecule has 0 saturated carbocycles. The fourth-order valence-corrected chi connectivity index (χ4v) is 4.61. The summed E-state index contributed by atoms with van der Waals surface area (Å²) in [5.74, 6) is -3.30. The third kappa shape index (κ3) is 17.8. The highest BCUT2D eigenvalue weighted by atomic mass is 16.6. The summed E-state index contributed by atoms with van der Waals surface area (Å²) in [7, 11) is 0. The largest absolute Gasteiger partial charge is 0.463 e. The second-order valence-electron chi connectivity index (χ2n) is 10.8. The number of esters is 3. The van der Waals surface area contributed by atoms with Crippen LogP contribution in [-0.4, -0.2) is 143 Å². The number of carbonyl (C=O) groups is 7. The van der Waals surface area contributed by atoms with Crippen LogP contribution in [0.25, 0.3) is 0 Å². The predicted molar refractivity (Wildman–Crippen MR) is 166 cm³/mol. The molecule has 272 valence electrons. The highest BCUT2D eigenvalue weighted by Crippen LogP contribution is 2.29. The van der Waals surface area contributed by atoms with Crippen molar-refractivity contribution in [1.82, 2.24) is 15.5 Å². The van der Waals surface area contributed by atoms with Gasteiger partial charge in [0, 0.05) is 60.7 Å². The topological polar surface area (TPSA) is 211 Å². The summed E-state index contributed by atoms with van der Waals surface area (Å²) >= 11 is 0. The average molecular weight is 688 g/mol. The van der Waals surface area contributed by atoms with Crippen molar-refractivity contribution in [2.75, 3.05) is 65.9 Å². The molecule has 0 unspecified atom stereocenters. The summed E-state index contributed by atoms with van der Waals surface area (Å²) in [6.45, 7) is 10.1. The number of amides is 3. The molecular formula is C31H49N3O14. The molecule has 3 amide bonds. The minimum absolute atomic E-state index is 0.0185. The van der Waals surface area contributed by atoms with Gasteiger partial charge in [0.25, 0.3) is 0 Å². The third-order valence-corrected chi connectivity index (χ3v) is 6.63. The molecule has 0 spiro atoms. The van der Waals surface area contributed by atoms with Crippen molar-refractivity contribution < 1.29 is 66.7 Å². The molecule has 0 aromatic carbocycles. The summed E-state index contributed by atoms with van der Waals surface area (Å²) in [5, 5.41) is 5.35. The van der Waals surface area contributed by atoms with E-state index in [2.05, 4.69) is 17.2 Å². The SMILES string of the molecule is C=CCC(=O)COCCOCCNC(=O)CN(CCOCC[C@H]1O[C@H](COC(C)=O)[C@H](OC(C)=O)[C@H](OC(C)=O)[C@H]1NC(C)=O)C(C)=O. The fraction of sp³-hybridized carbons (Fsp3) is 0.710. The maximum atomic E-state index is 12.4. The first kappa shape index (κ1) is 42.1. The van der Waals surface area contributed by atoms with Gasteiger partial charge in [-0.1, -0.05) is 6.08 Å². The zero-order valence-corrected chi connectivity index (χ0v) is 28.3. The lowest BCUT2D eigenvalue weighted by atomic mass is 9.90. The van der Waals surface area contributed by atoms with Gasteiger partial charge in [-0.05, 0) is 6.42 Å². The first-order valence-corrected chi connectivity index (χ1v) is 15.5. The summed E-state index contributed by atoms with van der Waals surface area (Å²) in [5.41, 5.74) is 0. The number of rotatable bonds is 23. The van der Waals surface area contributed by atoms with Crippen LogP contribution in [0.2, 0.25) is 0 Å². The van der Waals surface area contributed by atoms with Gasteiger partial charge in [-0.3, -0.25) is 33.6 Å². The van der Waals surface area contributed by atoms with Crippen LogP contribution >= 0.6 is 0 Å². The van der Waals surface area contributed by atoms with Crippen molar-refractivity contribution >= 4 is 41.4 Å². The van der Waals surface area contributed by atoms with E-state index >= 15 is 0 Å². The van der Waals surface area contributed by atoms with Crippen molar-refractivity contribution in [3.8, 4) is 0 Å². The Kier molecular flexibility index (Phi) is 20.5. The van der Waals surface area contributed by atoms with E-state index < -0.39 is 60.2 Å². The number of nitrogens with zero attached hydrogens (tertiary/aromatic N) is 1. The number of carbonyl (C=O) groups excluding carboxylic acids is 7. The van der Waals surface area contributed by atoms with E-state index in [4.69, 9.17) is 33.2 Å². The standard InChI is InChI=1S/C31H49N3O14/c1-7-8-25(40)18-44-16-15-43-13-10-32-28(41)17-34(21(3)36)11-14-42-12-9-26-29(33-20(2)35)31(47-24(6)39)30(46-23(5)38)27(48-26)19-45-22(4)37/h7,26-27,29-31H,1,8-19H2,2-6H3,(H,32,41)(H,33,35)/t26-,27-,29+,30+,31-/m1/s1. The van der Waals surface area contributed by atoms with Gasteiger partial charge in [-0.2, -0.15) is 0 Å². The van der Waals surface area contributed by atoms with Gasteiger partial charge in [-0.15, -0.1) is 6.58 Å². The van der Waals surface area contributed by atoms with E-state index in [1.807, 2.05) is 0 Å². The van der Waals surface area contributed by atoms with Crippen molar-refractivity contribution in [2.45, 2.75) is 77.9 Å². The smallest absolute Gasteiger partial charge is 0.303 e.